The number of furan rings is 1. The van der Waals surface area contributed by atoms with Gasteiger partial charge in [-0.3, -0.25) is 9.89 Å². The fraction of sp³-hybridized carbons (Fsp3) is 0.533. The number of rotatable bonds is 2. The molecule has 6 nitrogen and oxygen atoms in total. The number of H-pyrrole nitrogens is 1. The van der Waals surface area contributed by atoms with E-state index in [-0.39, 0.29) is 17.2 Å². The molecular formula is C15H18N4O2. The van der Waals surface area contributed by atoms with E-state index in [1.54, 1.807) is 18.4 Å². The van der Waals surface area contributed by atoms with Gasteiger partial charge in [0.25, 0.3) is 5.91 Å². The number of nitrogens with one attached hydrogen (secondary N) is 1. The Morgan fingerprint density at radius 2 is 2.38 bits per heavy atom. The SMILES string of the molecule is Cc1nc(C2CN(C(=O)c3ccco3)CC23CCC3)n[nH]1. The van der Waals surface area contributed by atoms with Crippen LogP contribution in [0.4, 0.5) is 0 Å². The van der Waals surface area contributed by atoms with Gasteiger partial charge in [-0.25, -0.2) is 4.98 Å². The molecule has 1 spiro atoms. The van der Waals surface area contributed by atoms with Gasteiger partial charge in [0.05, 0.1) is 6.26 Å². The largest absolute Gasteiger partial charge is 0.459 e. The summed E-state index contributed by atoms with van der Waals surface area (Å²) in [6, 6.07) is 3.47. The van der Waals surface area contributed by atoms with Crippen LogP contribution in [-0.4, -0.2) is 39.1 Å². The highest BCUT2D eigenvalue weighted by Crippen LogP contribution is 2.55. The minimum atomic E-state index is -0.0268. The fourth-order valence-corrected chi connectivity index (χ4v) is 3.69. The second-order valence-corrected chi connectivity index (χ2v) is 6.21. The van der Waals surface area contributed by atoms with E-state index in [0.29, 0.717) is 12.3 Å². The summed E-state index contributed by atoms with van der Waals surface area (Å²) in [5, 5.41) is 7.25. The number of aryl methyl sites for hydroxylation is 1. The number of carbonyl (C=O) groups is 1. The van der Waals surface area contributed by atoms with Crippen molar-refractivity contribution in [3.8, 4) is 0 Å². The highest BCUT2D eigenvalue weighted by Gasteiger charge is 2.53. The first-order valence-electron chi connectivity index (χ1n) is 7.40. The highest BCUT2D eigenvalue weighted by atomic mass is 16.3. The van der Waals surface area contributed by atoms with Crippen LogP contribution in [0, 0.1) is 12.3 Å². The van der Waals surface area contributed by atoms with Crippen LogP contribution in [0.1, 0.15) is 47.4 Å². The van der Waals surface area contributed by atoms with Gasteiger partial charge in [0, 0.05) is 19.0 Å². The number of aromatic nitrogens is 3. The van der Waals surface area contributed by atoms with Gasteiger partial charge >= 0.3 is 0 Å². The summed E-state index contributed by atoms with van der Waals surface area (Å²) >= 11 is 0. The zero-order valence-electron chi connectivity index (χ0n) is 12.0. The van der Waals surface area contributed by atoms with Crippen molar-refractivity contribution in [2.75, 3.05) is 13.1 Å². The molecule has 2 aromatic rings. The maximum atomic E-state index is 12.5. The molecule has 0 bridgehead atoms. The van der Waals surface area contributed by atoms with Gasteiger partial charge < -0.3 is 9.32 Å². The minimum absolute atomic E-state index is 0.0268. The molecule has 1 amide bonds. The molecule has 1 saturated heterocycles. The van der Waals surface area contributed by atoms with Gasteiger partial charge in [0.2, 0.25) is 0 Å². The Kier molecular flexibility index (Phi) is 2.67. The number of nitrogens with zero attached hydrogens (tertiary/aromatic N) is 3. The average Bonchev–Trinajstić information content (AvgIpc) is 3.15. The van der Waals surface area contributed by atoms with E-state index in [2.05, 4.69) is 15.2 Å². The van der Waals surface area contributed by atoms with E-state index in [1.165, 1.54) is 6.42 Å². The number of hydrogen-bond acceptors (Lipinski definition) is 4. The van der Waals surface area contributed by atoms with Gasteiger partial charge in [-0.15, -0.1) is 0 Å². The van der Waals surface area contributed by atoms with Crippen molar-refractivity contribution < 1.29 is 9.21 Å². The van der Waals surface area contributed by atoms with Crippen molar-refractivity contribution in [2.24, 2.45) is 5.41 Å². The highest BCUT2D eigenvalue weighted by molar-refractivity contribution is 5.91. The lowest BCUT2D eigenvalue weighted by molar-refractivity contribution is 0.0694. The Balaban J connectivity index is 1.62. The third-order valence-electron chi connectivity index (χ3n) is 4.94. The molecule has 2 fully saturated rings. The standard InChI is InChI=1S/C15H18N4O2/c1-10-16-13(18-17-10)11-8-19(9-15(11)5-3-6-15)14(20)12-4-2-7-21-12/h2,4,7,11H,3,5-6,8-9H2,1H3,(H,16,17,18). The number of aromatic amines is 1. The van der Waals surface area contributed by atoms with E-state index >= 15 is 0 Å². The summed E-state index contributed by atoms with van der Waals surface area (Å²) in [6.07, 6.45) is 5.06. The molecule has 1 atom stereocenters. The van der Waals surface area contributed by atoms with Crippen molar-refractivity contribution in [1.29, 1.82) is 0 Å². The Morgan fingerprint density at radius 1 is 1.52 bits per heavy atom. The summed E-state index contributed by atoms with van der Waals surface area (Å²) in [4.78, 5) is 18.9. The number of carbonyl (C=O) groups excluding carboxylic acids is 1. The molecule has 1 saturated carbocycles. The van der Waals surface area contributed by atoms with E-state index in [0.717, 1.165) is 31.0 Å². The van der Waals surface area contributed by atoms with Crippen LogP contribution in [-0.2, 0) is 0 Å². The van der Waals surface area contributed by atoms with Gasteiger partial charge in [0.15, 0.2) is 11.6 Å². The first kappa shape index (κ1) is 12.6. The Bertz CT molecular complexity index is 657. The zero-order valence-corrected chi connectivity index (χ0v) is 12.0. The van der Waals surface area contributed by atoms with E-state index in [4.69, 9.17) is 4.42 Å². The molecule has 2 aliphatic rings. The summed E-state index contributed by atoms with van der Waals surface area (Å²) in [6.45, 7) is 3.37. The predicted molar refractivity (Wildman–Crippen MR) is 74.8 cm³/mol. The minimum Gasteiger partial charge on any atom is -0.459 e. The van der Waals surface area contributed by atoms with Crippen molar-refractivity contribution >= 4 is 5.91 Å². The Labute approximate surface area is 122 Å². The maximum Gasteiger partial charge on any atom is 0.289 e. The van der Waals surface area contributed by atoms with Crippen LogP contribution in [0.15, 0.2) is 22.8 Å². The molecule has 1 aliphatic carbocycles. The zero-order chi connectivity index (χ0) is 14.4. The van der Waals surface area contributed by atoms with Crippen LogP contribution in [0.2, 0.25) is 0 Å². The molecule has 2 aromatic heterocycles. The van der Waals surface area contributed by atoms with Crippen molar-refractivity contribution in [1.82, 2.24) is 20.1 Å². The summed E-state index contributed by atoms with van der Waals surface area (Å²) in [5.41, 5.74) is 0.164. The van der Waals surface area contributed by atoms with Crippen LogP contribution in [0.3, 0.4) is 0 Å². The lowest BCUT2D eigenvalue weighted by Gasteiger charge is -2.41. The van der Waals surface area contributed by atoms with Gasteiger partial charge in [-0.05, 0) is 37.3 Å². The van der Waals surface area contributed by atoms with Crippen LogP contribution in [0.25, 0.3) is 0 Å². The fourth-order valence-electron chi connectivity index (χ4n) is 3.69. The van der Waals surface area contributed by atoms with Gasteiger partial charge in [-0.2, -0.15) is 5.10 Å². The maximum absolute atomic E-state index is 12.5. The molecule has 1 unspecified atom stereocenters. The number of hydrogen-bond donors (Lipinski definition) is 1. The van der Waals surface area contributed by atoms with Crippen LogP contribution in [0.5, 0.6) is 0 Å². The van der Waals surface area contributed by atoms with E-state index in [1.807, 2.05) is 11.8 Å². The monoisotopic (exact) mass is 286 g/mol. The van der Waals surface area contributed by atoms with Crippen molar-refractivity contribution in [3.05, 3.63) is 35.8 Å². The molecule has 0 aromatic carbocycles. The molecule has 1 N–H and O–H groups in total. The molecule has 0 radical (unpaired) electrons. The summed E-state index contributed by atoms with van der Waals surface area (Å²) in [7, 11) is 0. The van der Waals surface area contributed by atoms with E-state index < -0.39 is 0 Å². The third kappa shape index (κ3) is 1.89. The van der Waals surface area contributed by atoms with Crippen LogP contribution >= 0.6 is 0 Å². The Hall–Kier alpha value is -2.11. The molecular weight excluding hydrogens is 268 g/mol. The molecule has 21 heavy (non-hydrogen) atoms. The topological polar surface area (TPSA) is 75.0 Å². The number of likely N-dealkylation sites (tertiary alicyclic amines) is 1. The first-order valence-corrected chi connectivity index (χ1v) is 7.40. The second kappa shape index (κ2) is 4.44. The predicted octanol–water partition coefficient (Wildman–Crippen LogP) is 2.12. The second-order valence-electron chi connectivity index (χ2n) is 6.21. The Morgan fingerprint density at radius 3 is 2.95 bits per heavy atom. The van der Waals surface area contributed by atoms with Gasteiger partial charge in [-0.1, -0.05) is 6.42 Å². The molecule has 110 valence electrons. The lowest BCUT2D eigenvalue weighted by Crippen LogP contribution is -2.38. The third-order valence-corrected chi connectivity index (χ3v) is 4.94. The smallest absolute Gasteiger partial charge is 0.289 e. The molecule has 4 rings (SSSR count). The summed E-state index contributed by atoms with van der Waals surface area (Å²) in [5.74, 6) is 2.30. The van der Waals surface area contributed by atoms with Gasteiger partial charge in [0.1, 0.15) is 5.82 Å². The van der Waals surface area contributed by atoms with Crippen molar-refractivity contribution in [2.45, 2.75) is 32.1 Å². The van der Waals surface area contributed by atoms with Crippen LogP contribution < -0.4 is 0 Å². The molecule has 6 heteroatoms. The number of amides is 1. The molecule has 1 aliphatic heterocycles. The first-order chi connectivity index (χ1) is 10.2. The van der Waals surface area contributed by atoms with Crippen molar-refractivity contribution in [3.63, 3.8) is 0 Å². The molecule has 3 heterocycles. The lowest BCUT2D eigenvalue weighted by atomic mass is 9.62. The average molecular weight is 286 g/mol. The summed E-state index contributed by atoms with van der Waals surface area (Å²) < 4.78 is 5.24. The quantitative estimate of drug-likeness (QED) is 0.917. The van der Waals surface area contributed by atoms with E-state index in [9.17, 15) is 4.79 Å². The normalized spacial score (nSPS) is 23.5.